The Morgan fingerprint density at radius 3 is 2.58 bits per heavy atom. The molecule has 2 N–H and O–H groups in total. The zero-order valence-corrected chi connectivity index (χ0v) is 19.4. The van der Waals surface area contributed by atoms with Crippen LogP contribution in [-0.2, 0) is 13.0 Å². The first-order valence-corrected chi connectivity index (χ1v) is 9.87. The van der Waals surface area contributed by atoms with Gasteiger partial charge in [-0.25, -0.2) is 0 Å². The monoisotopic (exact) mass is 493 g/mol. The molecule has 0 unspecified atom stereocenters. The molecule has 1 aromatic rings. The number of unbranched alkanes of at least 4 members (excludes halogenated alkanes) is 1. The van der Waals surface area contributed by atoms with Crippen LogP contribution in [-0.4, -0.2) is 45.8 Å². The molecule has 7 heteroatoms. The first kappa shape index (κ1) is 24.9. The molecular formula is C19H32IN3O2S. The zero-order valence-electron chi connectivity index (χ0n) is 16.3. The highest BCUT2D eigenvalue weighted by Gasteiger charge is 2.11. The number of hydrogen-bond acceptors (Lipinski definition) is 4. The fourth-order valence-electron chi connectivity index (χ4n) is 2.50. The lowest BCUT2D eigenvalue weighted by Crippen LogP contribution is -2.37. The molecule has 0 aliphatic carbocycles. The molecule has 1 rings (SSSR count). The summed E-state index contributed by atoms with van der Waals surface area (Å²) < 4.78 is 10.9. The van der Waals surface area contributed by atoms with Gasteiger partial charge >= 0.3 is 0 Å². The first-order chi connectivity index (χ1) is 12.2. The molecule has 0 bridgehead atoms. The minimum absolute atomic E-state index is 0. The van der Waals surface area contributed by atoms with Gasteiger partial charge in [-0.1, -0.05) is 6.08 Å². The predicted octanol–water partition coefficient (Wildman–Crippen LogP) is 3.86. The van der Waals surface area contributed by atoms with Crippen molar-refractivity contribution in [3.05, 3.63) is 35.9 Å². The van der Waals surface area contributed by atoms with Crippen molar-refractivity contribution in [2.24, 2.45) is 4.99 Å². The third-order valence-corrected chi connectivity index (χ3v) is 4.43. The van der Waals surface area contributed by atoms with Gasteiger partial charge in [0.25, 0.3) is 0 Å². The van der Waals surface area contributed by atoms with Gasteiger partial charge < -0.3 is 20.1 Å². The number of hydrogen-bond donors (Lipinski definition) is 2. The number of guanidine groups is 1. The molecule has 0 atom stereocenters. The highest BCUT2D eigenvalue weighted by molar-refractivity contribution is 14.0. The summed E-state index contributed by atoms with van der Waals surface area (Å²) in [6, 6.07) is 4.10. The molecule has 148 valence electrons. The van der Waals surface area contributed by atoms with Crippen LogP contribution in [0.2, 0.25) is 0 Å². The molecule has 0 radical (unpaired) electrons. The van der Waals surface area contributed by atoms with Gasteiger partial charge in [0, 0.05) is 25.7 Å². The van der Waals surface area contributed by atoms with E-state index in [1.165, 1.54) is 12.2 Å². The molecule has 0 saturated carbocycles. The Morgan fingerprint density at radius 1 is 1.23 bits per heavy atom. The Morgan fingerprint density at radius 2 is 2.00 bits per heavy atom. The van der Waals surface area contributed by atoms with E-state index in [1.54, 1.807) is 21.3 Å². The Balaban J connectivity index is 0.00000625. The van der Waals surface area contributed by atoms with Crippen LogP contribution < -0.4 is 20.1 Å². The summed E-state index contributed by atoms with van der Waals surface area (Å²) in [4.78, 5) is 4.27. The number of rotatable bonds is 11. The van der Waals surface area contributed by atoms with E-state index in [-0.39, 0.29) is 24.0 Å². The van der Waals surface area contributed by atoms with Crippen LogP contribution in [0.5, 0.6) is 11.5 Å². The number of benzene rings is 1. The minimum Gasteiger partial charge on any atom is -0.493 e. The summed E-state index contributed by atoms with van der Waals surface area (Å²) >= 11 is 1.88. The van der Waals surface area contributed by atoms with E-state index < -0.39 is 0 Å². The molecule has 0 aromatic heterocycles. The number of aliphatic imine (C=N–C) groups is 1. The molecule has 0 heterocycles. The van der Waals surface area contributed by atoms with Gasteiger partial charge in [0.05, 0.1) is 14.2 Å². The maximum absolute atomic E-state index is 5.48. The van der Waals surface area contributed by atoms with Crippen LogP contribution in [0.3, 0.4) is 0 Å². The van der Waals surface area contributed by atoms with Gasteiger partial charge in [0.1, 0.15) is 0 Å². The van der Waals surface area contributed by atoms with Crippen LogP contribution in [0.15, 0.2) is 29.8 Å². The van der Waals surface area contributed by atoms with E-state index in [1.807, 2.05) is 23.9 Å². The molecule has 0 fully saturated rings. The number of allylic oxidation sites excluding steroid dienone is 1. The number of nitrogens with one attached hydrogen (secondary N) is 2. The van der Waals surface area contributed by atoms with Crippen molar-refractivity contribution in [1.29, 1.82) is 0 Å². The highest BCUT2D eigenvalue weighted by atomic mass is 127. The Bertz CT molecular complexity index is 568. The number of thioether (sulfide) groups is 1. The normalized spacial score (nSPS) is 10.7. The third-order valence-electron chi connectivity index (χ3n) is 3.73. The lowest BCUT2D eigenvalue weighted by Gasteiger charge is -2.16. The SMILES string of the molecule is C=CCc1cc(CNC(=NC)NCCCCSC)cc(OC)c1OC.I. The topological polar surface area (TPSA) is 54.9 Å². The quantitative estimate of drug-likeness (QED) is 0.161. The fraction of sp³-hybridized carbons (Fsp3) is 0.526. The zero-order chi connectivity index (χ0) is 18.5. The third kappa shape index (κ3) is 8.53. The number of ether oxygens (including phenoxy) is 2. The minimum atomic E-state index is 0. The van der Waals surface area contributed by atoms with E-state index in [4.69, 9.17) is 9.47 Å². The van der Waals surface area contributed by atoms with Gasteiger partial charge in [-0.2, -0.15) is 11.8 Å². The standard InChI is InChI=1S/C19H31N3O2S.HI/c1-6-9-16-12-15(13-17(23-3)18(16)24-4)14-22-19(20-2)21-10-7-8-11-25-5;/h6,12-13H,1,7-11,14H2,2-5H3,(H2,20,21,22);1H. The Kier molecular flexibility index (Phi) is 14.4. The van der Waals surface area contributed by atoms with Gasteiger partial charge in [-0.15, -0.1) is 30.6 Å². The molecule has 1 aromatic carbocycles. The van der Waals surface area contributed by atoms with Crippen molar-refractivity contribution in [2.45, 2.75) is 25.8 Å². The van der Waals surface area contributed by atoms with E-state index in [2.05, 4.69) is 34.5 Å². The predicted molar refractivity (Wildman–Crippen MR) is 125 cm³/mol. The van der Waals surface area contributed by atoms with Gasteiger partial charge in [-0.05, 0) is 49.0 Å². The number of nitrogens with zero attached hydrogens (tertiary/aromatic N) is 1. The summed E-state index contributed by atoms with van der Waals surface area (Å²) in [6.07, 6.45) is 7.09. The largest absolute Gasteiger partial charge is 0.493 e. The summed E-state index contributed by atoms with van der Waals surface area (Å²) in [5.41, 5.74) is 2.17. The second kappa shape index (κ2) is 15.0. The van der Waals surface area contributed by atoms with Crippen molar-refractivity contribution in [2.75, 3.05) is 39.8 Å². The number of halogens is 1. The van der Waals surface area contributed by atoms with Crippen molar-refractivity contribution in [3.63, 3.8) is 0 Å². The fourth-order valence-corrected chi connectivity index (χ4v) is 2.99. The Hall–Kier alpha value is -1.09. The molecule has 26 heavy (non-hydrogen) atoms. The molecule has 0 spiro atoms. The molecule has 0 aliphatic heterocycles. The van der Waals surface area contributed by atoms with Crippen LogP contribution in [0.1, 0.15) is 24.0 Å². The van der Waals surface area contributed by atoms with Gasteiger partial charge in [-0.3, -0.25) is 4.99 Å². The summed E-state index contributed by atoms with van der Waals surface area (Å²) in [5, 5.41) is 6.69. The van der Waals surface area contributed by atoms with E-state index in [0.29, 0.717) is 6.54 Å². The summed E-state index contributed by atoms with van der Waals surface area (Å²) in [5.74, 6) is 3.51. The first-order valence-electron chi connectivity index (χ1n) is 8.48. The van der Waals surface area contributed by atoms with Crippen LogP contribution in [0.4, 0.5) is 0 Å². The maximum atomic E-state index is 5.48. The van der Waals surface area contributed by atoms with Gasteiger partial charge in [0.2, 0.25) is 0 Å². The molecule has 5 nitrogen and oxygen atoms in total. The van der Waals surface area contributed by atoms with Crippen molar-refractivity contribution in [3.8, 4) is 11.5 Å². The average molecular weight is 493 g/mol. The van der Waals surface area contributed by atoms with Crippen LogP contribution in [0.25, 0.3) is 0 Å². The van der Waals surface area contributed by atoms with Crippen LogP contribution in [0, 0.1) is 0 Å². The lowest BCUT2D eigenvalue weighted by atomic mass is 10.1. The average Bonchev–Trinajstić information content (AvgIpc) is 2.63. The maximum Gasteiger partial charge on any atom is 0.191 e. The Labute approximate surface area is 179 Å². The lowest BCUT2D eigenvalue weighted by molar-refractivity contribution is 0.352. The van der Waals surface area contributed by atoms with E-state index in [0.717, 1.165) is 48.0 Å². The van der Waals surface area contributed by atoms with Gasteiger partial charge in [0.15, 0.2) is 17.5 Å². The summed E-state index contributed by atoms with van der Waals surface area (Å²) in [7, 11) is 5.10. The van der Waals surface area contributed by atoms with E-state index in [9.17, 15) is 0 Å². The molecular weight excluding hydrogens is 461 g/mol. The molecule has 0 aliphatic rings. The highest BCUT2D eigenvalue weighted by Crippen LogP contribution is 2.33. The molecule has 0 saturated heterocycles. The van der Waals surface area contributed by atoms with Crippen molar-refractivity contribution in [1.82, 2.24) is 10.6 Å². The second-order valence-electron chi connectivity index (χ2n) is 5.54. The number of methoxy groups -OCH3 is 2. The second-order valence-corrected chi connectivity index (χ2v) is 6.52. The van der Waals surface area contributed by atoms with E-state index >= 15 is 0 Å². The van der Waals surface area contributed by atoms with Crippen molar-refractivity contribution < 1.29 is 9.47 Å². The van der Waals surface area contributed by atoms with Crippen LogP contribution >= 0.6 is 35.7 Å². The summed E-state index contributed by atoms with van der Waals surface area (Å²) in [6.45, 7) is 5.40. The smallest absolute Gasteiger partial charge is 0.191 e. The van der Waals surface area contributed by atoms with Crippen molar-refractivity contribution >= 4 is 41.7 Å². The molecule has 0 amide bonds.